The topological polar surface area (TPSA) is 75.7 Å². The van der Waals surface area contributed by atoms with Gasteiger partial charge in [0.15, 0.2) is 0 Å². The molecule has 6 nitrogen and oxygen atoms in total. The Balaban J connectivity index is 1.35. The van der Waals surface area contributed by atoms with Crippen molar-refractivity contribution in [1.29, 1.82) is 0 Å². The lowest BCUT2D eigenvalue weighted by molar-refractivity contribution is -0.127. The van der Waals surface area contributed by atoms with Gasteiger partial charge in [-0.25, -0.2) is 0 Å². The predicted octanol–water partition coefficient (Wildman–Crippen LogP) is 6.21. The van der Waals surface area contributed by atoms with Gasteiger partial charge >= 0.3 is 0 Å². The molecule has 3 amide bonds. The number of halogens is 1. The van der Waals surface area contributed by atoms with Crippen LogP contribution >= 0.6 is 23.4 Å². The SMILES string of the molecule is Cc1ccc(NC(=O)CN2C(=O)S/C(=C/c3ccc(OCc4ccc(Cl)cc4)cc3)C2=O)cc1C. The summed E-state index contributed by atoms with van der Waals surface area (Å²) in [6.45, 7) is 3.99. The number of hydrogen-bond acceptors (Lipinski definition) is 5. The van der Waals surface area contributed by atoms with Crippen molar-refractivity contribution >= 4 is 52.2 Å². The number of anilines is 1. The number of amides is 3. The molecule has 0 bridgehead atoms. The standard InChI is InChI=1S/C27H23ClN2O4S/c1-17-3-10-22(13-18(17)2)29-25(31)15-30-26(32)24(35-27(30)33)14-19-6-11-23(12-7-19)34-16-20-4-8-21(28)9-5-20/h3-14H,15-16H2,1-2H3,(H,29,31)/b24-14+. The minimum atomic E-state index is -0.488. The van der Waals surface area contributed by atoms with Gasteiger partial charge in [-0.3, -0.25) is 19.3 Å². The van der Waals surface area contributed by atoms with Crippen molar-refractivity contribution < 1.29 is 19.1 Å². The van der Waals surface area contributed by atoms with E-state index in [2.05, 4.69) is 5.32 Å². The maximum atomic E-state index is 12.8. The van der Waals surface area contributed by atoms with Gasteiger partial charge in [-0.05, 0) is 90.3 Å². The second-order valence-electron chi connectivity index (χ2n) is 8.10. The van der Waals surface area contributed by atoms with E-state index < -0.39 is 17.1 Å². The van der Waals surface area contributed by atoms with Crippen molar-refractivity contribution in [3.63, 3.8) is 0 Å². The Hall–Kier alpha value is -3.55. The summed E-state index contributed by atoms with van der Waals surface area (Å²) in [5, 5.41) is 2.94. The van der Waals surface area contributed by atoms with Gasteiger partial charge in [-0.2, -0.15) is 0 Å². The Morgan fingerprint density at radius 3 is 2.40 bits per heavy atom. The number of aryl methyl sites for hydroxylation is 2. The maximum Gasteiger partial charge on any atom is 0.294 e. The van der Waals surface area contributed by atoms with Crippen LogP contribution in [-0.4, -0.2) is 28.5 Å². The molecule has 1 aliphatic rings. The normalized spacial score (nSPS) is 14.5. The number of nitrogens with zero attached hydrogens (tertiary/aromatic N) is 1. The molecule has 0 saturated carbocycles. The van der Waals surface area contributed by atoms with Gasteiger partial charge in [-0.15, -0.1) is 0 Å². The van der Waals surface area contributed by atoms with Crippen molar-refractivity contribution in [2.75, 3.05) is 11.9 Å². The Bertz CT molecular complexity index is 1300. The van der Waals surface area contributed by atoms with E-state index >= 15 is 0 Å². The molecule has 4 rings (SSSR count). The van der Waals surface area contributed by atoms with Crippen LogP contribution in [0.4, 0.5) is 10.5 Å². The fraction of sp³-hybridized carbons (Fsp3) is 0.148. The lowest BCUT2D eigenvalue weighted by Crippen LogP contribution is -2.36. The lowest BCUT2D eigenvalue weighted by atomic mass is 10.1. The molecule has 0 aliphatic carbocycles. The first-order valence-electron chi connectivity index (χ1n) is 10.9. The van der Waals surface area contributed by atoms with Gasteiger partial charge in [0.1, 0.15) is 18.9 Å². The summed E-state index contributed by atoms with van der Waals surface area (Å²) < 4.78 is 5.78. The molecule has 0 aromatic heterocycles. The highest BCUT2D eigenvalue weighted by atomic mass is 35.5. The van der Waals surface area contributed by atoms with Crippen LogP contribution in [0, 0.1) is 13.8 Å². The molecule has 3 aromatic rings. The average Bonchev–Trinajstić information content (AvgIpc) is 3.09. The number of carbonyl (C=O) groups excluding carboxylic acids is 3. The zero-order valence-corrected chi connectivity index (χ0v) is 20.8. The first-order valence-corrected chi connectivity index (χ1v) is 12.1. The number of hydrogen-bond donors (Lipinski definition) is 1. The Kier molecular flexibility index (Phi) is 7.58. The highest BCUT2D eigenvalue weighted by molar-refractivity contribution is 8.18. The fourth-order valence-corrected chi connectivity index (χ4v) is 4.32. The highest BCUT2D eigenvalue weighted by Gasteiger charge is 2.36. The number of rotatable bonds is 7. The van der Waals surface area contributed by atoms with E-state index in [9.17, 15) is 14.4 Å². The predicted molar refractivity (Wildman–Crippen MR) is 139 cm³/mol. The van der Waals surface area contributed by atoms with Gasteiger partial charge in [0.2, 0.25) is 5.91 Å². The molecule has 1 fully saturated rings. The van der Waals surface area contributed by atoms with E-state index in [4.69, 9.17) is 16.3 Å². The molecule has 35 heavy (non-hydrogen) atoms. The third kappa shape index (κ3) is 6.32. The minimum Gasteiger partial charge on any atom is -0.489 e. The van der Waals surface area contributed by atoms with Crippen LogP contribution in [0.5, 0.6) is 5.75 Å². The monoisotopic (exact) mass is 506 g/mol. The van der Waals surface area contributed by atoms with Crippen molar-refractivity contribution in [2.45, 2.75) is 20.5 Å². The van der Waals surface area contributed by atoms with E-state index in [-0.39, 0.29) is 11.4 Å². The van der Waals surface area contributed by atoms with E-state index in [1.807, 2.05) is 50.2 Å². The molecule has 1 aliphatic heterocycles. The van der Waals surface area contributed by atoms with Crippen molar-refractivity contribution in [2.24, 2.45) is 0 Å². The van der Waals surface area contributed by atoms with Crippen LogP contribution in [0.3, 0.4) is 0 Å². The van der Waals surface area contributed by atoms with Crippen LogP contribution in [0.25, 0.3) is 6.08 Å². The van der Waals surface area contributed by atoms with Crippen molar-refractivity contribution in [3.05, 3.63) is 98.9 Å². The van der Waals surface area contributed by atoms with Crippen LogP contribution < -0.4 is 10.1 Å². The van der Waals surface area contributed by atoms with Crippen LogP contribution in [0.2, 0.25) is 5.02 Å². The molecule has 1 saturated heterocycles. The van der Waals surface area contributed by atoms with Gasteiger partial charge in [0, 0.05) is 10.7 Å². The molecule has 0 radical (unpaired) electrons. The molecular formula is C27H23ClN2O4S. The molecule has 178 valence electrons. The number of ether oxygens (including phenoxy) is 1. The summed E-state index contributed by atoms with van der Waals surface area (Å²) >= 11 is 6.71. The zero-order valence-electron chi connectivity index (χ0n) is 19.2. The van der Waals surface area contributed by atoms with Crippen LogP contribution in [-0.2, 0) is 16.2 Å². The second-order valence-corrected chi connectivity index (χ2v) is 9.53. The second kappa shape index (κ2) is 10.8. The van der Waals surface area contributed by atoms with Crippen LogP contribution in [0.1, 0.15) is 22.3 Å². The molecule has 1 N–H and O–H groups in total. The minimum absolute atomic E-state index is 0.267. The lowest BCUT2D eigenvalue weighted by Gasteiger charge is -2.13. The summed E-state index contributed by atoms with van der Waals surface area (Å²) in [5.41, 5.74) is 4.51. The largest absolute Gasteiger partial charge is 0.489 e. The van der Waals surface area contributed by atoms with Gasteiger partial charge in [-0.1, -0.05) is 41.9 Å². The summed E-state index contributed by atoms with van der Waals surface area (Å²) in [7, 11) is 0. The Labute approximate surface area is 212 Å². The highest BCUT2D eigenvalue weighted by Crippen LogP contribution is 2.32. The Morgan fingerprint density at radius 2 is 1.71 bits per heavy atom. The number of benzene rings is 3. The van der Waals surface area contributed by atoms with E-state index in [1.54, 1.807) is 36.4 Å². The average molecular weight is 507 g/mol. The van der Waals surface area contributed by atoms with Gasteiger partial charge < -0.3 is 10.1 Å². The third-order valence-corrected chi connectivity index (χ3v) is 6.62. The number of thioether (sulfide) groups is 1. The fourth-order valence-electron chi connectivity index (χ4n) is 3.36. The van der Waals surface area contributed by atoms with Crippen LogP contribution in [0.15, 0.2) is 71.6 Å². The smallest absolute Gasteiger partial charge is 0.294 e. The summed E-state index contributed by atoms with van der Waals surface area (Å²) in [4.78, 5) is 38.8. The first kappa shape index (κ1) is 24.6. The van der Waals surface area contributed by atoms with Crippen molar-refractivity contribution in [3.8, 4) is 5.75 Å². The molecule has 3 aromatic carbocycles. The van der Waals surface area contributed by atoms with E-state index in [1.165, 1.54) is 0 Å². The molecule has 0 atom stereocenters. The molecule has 0 unspecified atom stereocenters. The van der Waals surface area contributed by atoms with Gasteiger partial charge in [0.25, 0.3) is 11.1 Å². The van der Waals surface area contributed by atoms with Gasteiger partial charge in [0.05, 0.1) is 4.91 Å². The summed E-state index contributed by atoms with van der Waals surface area (Å²) in [5.74, 6) is -0.245. The summed E-state index contributed by atoms with van der Waals surface area (Å²) in [6, 6.07) is 20.2. The molecule has 0 spiro atoms. The third-order valence-electron chi connectivity index (χ3n) is 5.46. The molecule has 1 heterocycles. The quantitative estimate of drug-likeness (QED) is 0.385. The Morgan fingerprint density at radius 1 is 1.00 bits per heavy atom. The maximum absolute atomic E-state index is 12.8. The first-order chi connectivity index (χ1) is 16.8. The number of imide groups is 1. The summed E-state index contributed by atoms with van der Waals surface area (Å²) in [6.07, 6.45) is 1.63. The van der Waals surface area contributed by atoms with Crippen molar-refractivity contribution in [1.82, 2.24) is 4.90 Å². The molecular weight excluding hydrogens is 484 g/mol. The number of carbonyl (C=O) groups is 3. The number of nitrogens with one attached hydrogen (secondary N) is 1. The zero-order chi connectivity index (χ0) is 24.9. The molecule has 8 heteroatoms. The van der Waals surface area contributed by atoms with E-state index in [0.717, 1.165) is 38.9 Å². The van der Waals surface area contributed by atoms with E-state index in [0.29, 0.717) is 23.1 Å².